The van der Waals surface area contributed by atoms with Gasteiger partial charge in [0.25, 0.3) is 0 Å². The van der Waals surface area contributed by atoms with Gasteiger partial charge in [0.05, 0.1) is 6.42 Å². The van der Waals surface area contributed by atoms with Gasteiger partial charge >= 0.3 is 0 Å². The first kappa shape index (κ1) is 12.6. The van der Waals surface area contributed by atoms with E-state index in [1.807, 2.05) is 35.2 Å². The third-order valence-electron chi connectivity index (χ3n) is 3.35. The van der Waals surface area contributed by atoms with E-state index in [0.717, 1.165) is 25.1 Å². The summed E-state index contributed by atoms with van der Waals surface area (Å²) < 4.78 is 0. The second-order valence-corrected chi connectivity index (χ2v) is 5.96. The summed E-state index contributed by atoms with van der Waals surface area (Å²) in [4.78, 5) is 14.7. The van der Waals surface area contributed by atoms with Crippen molar-refractivity contribution in [3.63, 3.8) is 0 Å². The van der Waals surface area contributed by atoms with Crippen molar-refractivity contribution in [1.82, 2.24) is 4.90 Å². The molecule has 1 aliphatic rings. The number of piperidine rings is 1. The molecule has 1 amide bonds. The van der Waals surface area contributed by atoms with E-state index >= 15 is 0 Å². The molecule has 1 fully saturated rings. The standard InChI is InChI=1S/C14H18BrNO/c1-11-10-16(8-7-13(11)15)14(17)9-12-5-3-2-4-6-12/h2-6,11,13H,7-10H2,1H3. The molecule has 2 rings (SSSR count). The molecule has 2 atom stereocenters. The van der Waals surface area contributed by atoms with Gasteiger partial charge in [0, 0.05) is 17.9 Å². The molecule has 1 aromatic rings. The maximum atomic E-state index is 12.1. The van der Waals surface area contributed by atoms with Gasteiger partial charge in [-0.2, -0.15) is 0 Å². The summed E-state index contributed by atoms with van der Waals surface area (Å²) >= 11 is 3.66. The number of likely N-dealkylation sites (tertiary alicyclic amines) is 1. The van der Waals surface area contributed by atoms with Crippen LogP contribution in [0.3, 0.4) is 0 Å². The van der Waals surface area contributed by atoms with E-state index in [9.17, 15) is 4.79 Å². The molecule has 92 valence electrons. The highest BCUT2D eigenvalue weighted by molar-refractivity contribution is 9.09. The molecular weight excluding hydrogens is 278 g/mol. The third-order valence-corrected chi connectivity index (χ3v) is 4.71. The van der Waals surface area contributed by atoms with E-state index in [4.69, 9.17) is 0 Å². The van der Waals surface area contributed by atoms with Crippen LogP contribution in [-0.4, -0.2) is 28.7 Å². The van der Waals surface area contributed by atoms with Gasteiger partial charge in [0.2, 0.25) is 5.91 Å². The van der Waals surface area contributed by atoms with E-state index in [-0.39, 0.29) is 5.91 Å². The third kappa shape index (κ3) is 3.32. The quantitative estimate of drug-likeness (QED) is 0.769. The minimum absolute atomic E-state index is 0.252. The predicted octanol–water partition coefficient (Wildman–Crippen LogP) is 2.86. The van der Waals surface area contributed by atoms with Crippen LogP contribution in [0.1, 0.15) is 18.9 Å². The number of carbonyl (C=O) groups is 1. The van der Waals surface area contributed by atoms with Crippen LogP contribution in [0.4, 0.5) is 0 Å². The van der Waals surface area contributed by atoms with E-state index in [0.29, 0.717) is 17.2 Å². The lowest BCUT2D eigenvalue weighted by Crippen LogP contribution is -2.43. The molecule has 1 heterocycles. The lowest BCUT2D eigenvalue weighted by molar-refractivity contribution is -0.132. The number of rotatable bonds is 2. The minimum atomic E-state index is 0.252. The van der Waals surface area contributed by atoms with Crippen molar-refractivity contribution >= 4 is 21.8 Å². The van der Waals surface area contributed by atoms with Crippen molar-refractivity contribution in [2.24, 2.45) is 5.92 Å². The Balaban J connectivity index is 1.93. The van der Waals surface area contributed by atoms with Crippen LogP contribution in [0.2, 0.25) is 0 Å². The maximum absolute atomic E-state index is 12.1. The summed E-state index contributed by atoms with van der Waals surface area (Å²) in [5.41, 5.74) is 1.10. The number of benzene rings is 1. The molecule has 0 spiro atoms. The highest BCUT2D eigenvalue weighted by Gasteiger charge is 2.26. The van der Waals surface area contributed by atoms with Crippen LogP contribution in [-0.2, 0) is 11.2 Å². The lowest BCUT2D eigenvalue weighted by Gasteiger charge is -2.34. The average Bonchev–Trinajstić information content (AvgIpc) is 2.34. The SMILES string of the molecule is CC1CN(C(=O)Cc2ccccc2)CCC1Br. The molecule has 0 bridgehead atoms. The van der Waals surface area contributed by atoms with Gasteiger partial charge in [-0.15, -0.1) is 0 Å². The van der Waals surface area contributed by atoms with Gasteiger partial charge in [-0.25, -0.2) is 0 Å². The first-order chi connectivity index (χ1) is 8.16. The molecule has 2 unspecified atom stereocenters. The van der Waals surface area contributed by atoms with Gasteiger partial charge in [-0.05, 0) is 17.9 Å². The van der Waals surface area contributed by atoms with Crippen molar-refractivity contribution < 1.29 is 4.79 Å². The van der Waals surface area contributed by atoms with Gasteiger partial charge in [0.15, 0.2) is 0 Å². The number of hydrogen-bond acceptors (Lipinski definition) is 1. The minimum Gasteiger partial charge on any atom is -0.342 e. The Bertz CT molecular complexity index is 379. The van der Waals surface area contributed by atoms with Gasteiger partial charge < -0.3 is 4.90 Å². The van der Waals surface area contributed by atoms with E-state index in [1.165, 1.54) is 0 Å². The summed E-state index contributed by atoms with van der Waals surface area (Å²) in [5, 5.41) is 0. The van der Waals surface area contributed by atoms with Crippen molar-refractivity contribution in [2.45, 2.75) is 24.6 Å². The largest absolute Gasteiger partial charge is 0.342 e. The van der Waals surface area contributed by atoms with Crippen molar-refractivity contribution in [3.05, 3.63) is 35.9 Å². The lowest BCUT2D eigenvalue weighted by atomic mass is 9.99. The number of nitrogens with zero attached hydrogens (tertiary/aromatic N) is 1. The number of hydrogen-bond donors (Lipinski definition) is 0. The Kier molecular flexibility index (Phi) is 4.21. The highest BCUT2D eigenvalue weighted by atomic mass is 79.9. The molecule has 0 N–H and O–H groups in total. The van der Waals surface area contributed by atoms with Crippen molar-refractivity contribution in [3.8, 4) is 0 Å². The Hall–Kier alpha value is -0.830. The summed E-state index contributed by atoms with van der Waals surface area (Å²) in [6, 6.07) is 9.97. The zero-order chi connectivity index (χ0) is 12.3. The molecule has 17 heavy (non-hydrogen) atoms. The Morgan fingerprint density at radius 1 is 1.41 bits per heavy atom. The van der Waals surface area contributed by atoms with Gasteiger partial charge in [-0.3, -0.25) is 4.79 Å². The average molecular weight is 296 g/mol. The van der Waals surface area contributed by atoms with E-state index in [1.54, 1.807) is 0 Å². The summed E-state index contributed by atoms with van der Waals surface area (Å²) in [6.45, 7) is 3.95. The van der Waals surface area contributed by atoms with Crippen LogP contribution in [0.25, 0.3) is 0 Å². The van der Waals surface area contributed by atoms with Crippen molar-refractivity contribution in [2.75, 3.05) is 13.1 Å². The molecule has 0 aliphatic carbocycles. The maximum Gasteiger partial charge on any atom is 0.226 e. The molecule has 1 saturated heterocycles. The molecule has 0 radical (unpaired) electrons. The summed E-state index contributed by atoms with van der Waals surface area (Å²) in [7, 11) is 0. The summed E-state index contributed by atoms with van der Waals surface area (Å²) in [6.07, 6.45) is 1.59. The Labute approximate surface area is 111 Å². The predicted molar refractivity (Wildman–Crippen MR) is 73.2 cm³/mol. The van der Waals surface area contributed by atoms with Crippen molar-refractivity contribution in [1.29, 1.82) is 0 Å². The first-order valence-electron chi connectivity index (χ1n) is 6.12. The zero-order valence-electron chi connectivity index (χ0n) is 10.1. The topological polar surface area (TPSA) is 20.3 Å². The van der Waals surface area contributed by atoms with Crippen LogP contribution < -0.4 is 0 Å². The smallest absolute Gasteiger partial charge is 0.226 e. The van der Waals surface area contributed by atoms with Crippen LogP contribution in [0, 0.1) is 5.92 Å². The highest BCUT2D eigenvalue weighted by Crippen LogP contribution is 2.23. The molecule has 1 aliphatic heterocycles. The zero-order valence-corrected chi connectivity index (χ0v) is 11.7. The van der Waals surface area contributed by atoms with E-state index < -0.39 is 0 Å². The second-order valence-electron chi connectivity index (χ2n) is 4.78. The van der Waals surface area contributed by atoms with Crippen LogP contribution >= 0.6 is 15.9 Å². The Morgan fingerprint density at radius 3 is 2.76 bits per heavy atom. The molecule has 2 nitrogen and oxygen atoms in total. The summed E-state index contributed by atoms with van der Waals surface area (Å²) in [5.74, 6) is 0.797. The number of amides is 1. The Morgan fingerprint density at radius 2 is 2.12 bits per heavy atom. The van der Waals surface area contributed by atoms with Gasteiger partial charge in [0.1, 0.15) is 0 Å². The molecule has 1 aromatic carbocycles. The molecule has 0 aromatic heterocycles. The second kappa shape index (κ2) is 5.67. The molecular formula is C14H18BrNO. The molecule has 3 heteroatoms. The fourth-order valence-electron chi connectivity index (χ4n) is 2.23. The molecule has 0 saturated carbocycles. The van der Waals surface area contributed by atoms with E-state index in [2.05, 4.69) is 22.9 Å². The fourth-order valence-corrected chi connectivity index (χ4v) is 2.60. The number of halogens is 1. The van der Waals surface area contributed by atoms with Crippen LogP contribution in [0.15, 0.2) is 30.3 Å². The number of alkyl halides is 1. The number of carbonyl (C=O) groups excluding carboxylic acids is 1. The van der Waals surface area contributed by atoms with Crippen LogP contribution in [0.5, 0.6) is 0 Å². The van der Waals surface area contributed by atoms with Gasteiger partial charge in [-0.1, -0.05) is 53.2 Å². The normalized spacial score (nSPS) is 24.7. The first-order valence-corrected chi connectivity index (χ1v) is 7.04. The fraction of sp³-hybridized carbons (Fsp3) is 0.500. The monoisotopic (exact) mass is 295 g/mol.